The summed E-state index contributed by atoms with van der Waals surface area (Å²) in [5.74, 6) is -0.459. The Hall–Kier alpha value is -2.33. The van der Waals surface area contributed by atoms with Crippen molar-refractivity contribution in [3.63, 3.8) is 0 Å². The quantitative estimate of drug-likeness (QED) is 0.627. The van der Waals surface area contributed by atoms with E-state index < -0.39 is 5.92 Å². The van der Waals surface area contributed by atoms with E-state index in [9.17, 15) is 9.59 Å². The maximum absolute atomic E-state index is 12.4. The molecule has 1 aliphatic rings. The number of rotatable bonds is 3. The third kappa shape index (κ3) is 3.29. The Kier molecular flexibility index (Phi) is 4.58. The molecule has 1 fully saturated rings. The van der Waals surface area contributed by atoms with Crippen LogP contribution in [0.4, 0.5) is 5.69 Å². The lowest BCUT2D eigenvalue weighted by atomic mass is 10.1. The van der Waals surface area contributed by atoms with Crippen molar-refractivity contribution in [2.75, 3.05) is 11.4 Å². The Morgan fingerprint density at radius 2 is 1.96 bits per heavy atom. The average Bonchev–Trinajstić information content (AvgIpc) is 2.92. The summed E-state index contributed by atoms with van der Waals surface area (Å²) >= 11 is 6.15. The fraction of sp³-hybridized carbons (Fsp3) is 0.263. The highest BCUT2D eigenvalue weighted by Gasteiger charge is 2.37. The van der Waals surface area contributed by atoms with E-state index in [-0.39, 0.29) is 24.8 Å². The summed E-state index contributed by atoms with van der Waals surface area (Å²) in [6.07, 6.45) is 0.134. The van der Waals surface area contributed by atoms with Gasteiger partial charge in [-0.2, -0.15) is 0 Å². The topological polar surface area (TPSA) is 46.6 Å². The molecular weight excluding hydrogens is 326 g/mol. The second-order valence-electron chi connectivity index (χ2n) is 6.05. The van der Waals surface area contributed by atoms with Gasteiger partial charge in [-0.1, -0.05) is 41.4 Å². The van der Waals surface area contributed by atoms with Gasteiger partial charge in [0, 0.05) is 13.0 Å². The van der Waals surface area contributed by atoms with Gasteiger partial charge in [0.05, 0.1) is 16.6 Å². The number of hydrogen-bond donors (Lipinski definition) is 0. The zero-order valence-electron chi connectivity index (χ0n) is 13.6. The number of ether oxygens (including phenoxy) is 1. The fourth-order valence-electron chi connectivity index (χ4n) is 2.87. The van der Waals surface area contributed by atoms with Crippen LogP contribution in [0.15, 0.2) is 42.5 Å². The minimum atomic E-state index is -0.491. The summed E-state index contributed by atoms with van der Waals surface area (Å²) < 4.78 is 5.50. The van der Waals surface area contributed by atoms with Gasteiger partial charge in [-0.05, 0) is 37.6 Å². The third-order valence-corrected chi connectivity index (χ3v) is 4.46. The second kappa shape index (κ2) is 6.65. The molecule has 0 aliphatic carbocycles. The number of amides is 1. The van der Waals surface area contributed by atoms with E-state index in [1.54, 1.807) is 29.2 Å². The van der Waals surface area contributed by atoms with Crippen molar-refractivity contribution in [3.8, 4) is 5.75 Å². The van der Waals surface area contributed by atoms with Crippen LogP contribution in [0.1, 0.15) is 17.5 Å². The number of carbonyl (C=O) groups excluding carboxylic acids is 2. The van der Waals surface area contributed by atoms with Crippen molar-refractivity contribution in [1.82, 2.24) is 0 Å². The van der Waals surface area contributed by atoms with Crippen LogP contribution in [0, 0.1) is 19.8 Å². The van der Waals surface area contributed by atoms with E-state index in [2.05, 4.69) is 0 Å². The van der Waals surface area contributed by atoms with Crippen LogP contribution >= 0.6 is 11.6 Å². The first-order chi connectivity index (χ1) is 11.5. The summed E-state index contributed by atoms with van der Waals surface area (Å²) in [7, 11) is 0. The SMILES string of the molecule is Cc1ccc(OC(=O)C2CC(=O)N(c3ccccc3Cl)C2)c(C)c1. The van der Waals surface area contributed by atoms with Crippen molar-refractivity contribution >= 4 is 29.2 Å². The van der Waals surface area contributed by atoms with Crippen LogP contribution in [0.5, 0.6) is 5.75 Å². The number of esters is 1. The van der Waals surface area contributed by atoms with Gasteiger partial charge in [-0.3, -0.25) is 9.59 Å². The molecule has 5 heteroatoms. The first-order valence-corrected chi connectivity index (χ1v) is 8.17. The molecule has 3 rings (SSSR count). The van der Waals surface area contributed by atoms with Crippen LogP contribution in [-0.4, -0.2) is 18.4 Å². The highest BCUT2D eigenvalue weighted by molar-refractivity contribution is 6.33. The summed E-state index contributed by atoms with van der Waals surface area (Å²) in [5, 5.41) is 0.495. The molecule has 1 amide bonds. The second-order valence-corrected chi connectivity index (χ2v) is 6.45. The summed E-state index contributed by atoms with van der Waals surface area (Å²) in [6, 6.07) is 12.8. The Morgan fingerprint density at radius 1 is 1.21 bits per heavy atom. The number of aryl methyl sites for hydroxylation is 2. The molecule has 0 aromatic heterocycles. The van der Waals surface area contributed by atoms with Crippen LogP contribution in [0.3, 0.4) is 0 Å². The smallest absolute Gasteiger partial charge is 0.316 e. The average molecular weight is 344 g/mol. The number of carbonyl (C=O) groups is 2. The normalized spacial score (nSPS) is 17.2. The van der Waals surface area contributed by atoms with E-state index in [1.165, 1.54) is 0 Å². The van der Waals surface area contributed by atoms with Crippen LogP contribution in [0.25, 0.3) is 0 Å². The third-order valence-electron chi connectivity index (χ3n) is 4.14. The Balaban J connectivity index is 1.73. The van der Waals surface area contributed by atoms with Crippen molar-refractivity contribution in [2.24, 2.45) is 5.92 Å². The van der Waals surface area contributed by atoms with Gasteiger partial charge >= 0.3 is 5.97 Å². The van der Waals surface area contributed by atoms with E-state index >= 15 is 0 Å². The monoisotopic (exact) mass is 343 g/mol. The molecule has 1 unspecified atom stereocenters. The van der Waals surface area contributed by atoms with Gasteiger partial charge in [0.15, 0.2) is 0 Å². The zero-order chi connectivity index (χ0) is 17.3. The standard InChI is InChI=1S/C19H18ClNO3/c1-12-7-8-17(13(2)9-12)24-19(23)14-10-18(22)21(11-14)16-6-4-3-5-15(16)20/h3-9,14H,10-11H2,1-2H3. The molecule has 124 valence electrons. The molecule has 0 N–H and O–H groups in total. The molecule has 0 saturated carbocycles. The lowest BCUT2D eigenvalue weighted by Crippen LogP contribution is -2.27. The summed E-state index contributed by atoms with van der Waals surface area (Å²) in [5.41, 5.74) is 2.63. The first kappa shape index (κ1) is 16.5. The molecule has 2 aromatic carbocycles. The highest BCUT2D eigenvalue weighted by atomic mass is 35.5. The molecule has 0 bridgehead atoms. The molecule has 1 heterocycles. The Labute approximate surface area is 146 Å². The Bertz CT molecular complexity index is 803. The maximum Gasteiger partial charge on any atom is 0.316 e. The summed E-state index contributed by atoms with van der Waals surface area (Å²) in [6.45, 7) is 4.16. The Morgan fingerprint density at radius 3 is 2.67 bits per heavy atom. The molecule has 1 atom stereocenters. The van der Waals surface area contributed by atoms with Gasteiger partial charge in [-0.15, -0.1) is 0 Å². The van der Waals surface area contributed by atoms with Gasteiger partial charge in [0.25, 0.3) is 0 Å². The van der Waals surface area contributed by atoms with E-state index in [0.717, 1.165) is 11.1 Å². The first-order valence-electron chi connectivity index (χ1n) is 7.79. The van der Waals surface area contributed by atoms with Gasteiger partial charge in [0.1, 0.15) is 5.75 Å². The minimum Gasteiger partial charge on any atom is -0.426 e. The molecular formula is C19H18ClNO3. The summed E-state index contributed by atoms with van der Waals surface area (Å²) in [4.78, 5) is 26.2. The van der Waals surface area contributed by atoms with Gasteiger partial charge in [-0.25, -0.2) is 0 Å². The number of hydrogen-bond acceptors (Lipinski definition) is 3. The zero-order valence-corrected chi connectivity index (χ0v) is 14.3. The molecule has 4 nitrogen and oxygen atoms in total. The van der Waals surface area contributed by atoms with Crippen molar-refractivity contribution in [1.29, 1.82) is 0 Å². The minimum absolute atomic E-state index is 0.120. The number of para-hydroxylation sites is 1. The predicted octanol–water partition coefficient (Wildman–Crippen LogP) is 3.92. The van der Waals surface area contributed by atoms with Gasteiger partial charge in [0.2, 0.25) is 5.91 Å². The maximum atomic E-state index is 12.4. The van der Waals surface area contributed by atoms with E-state index in [4.69, 9.17) is 16.3 Å². The number of nitrogens with zero attached hydrogens (tertiary/aromatic N) is 1. The molecule has 1 aliphatic heterocycles. The largest absolute Gasteiger partial charge is 0.426 e. The number of benzene rings is 2. The molecule has 2 aromatic rings. The molecule has 0 radical (unpaired) electrons. The molecule has 24 heavy (non-hydrogen) atoms. The lowest BCUT2D eigenvalue weighted by Gasteiger charge is -2.18. The molecule has 1 saturated heterocycles. The van der Waals surface area contributed by atoms with E-state index in [1.807, 2.05) is 32.0 Å². The van der Waals surface area contributed by atoms with Crippen molar-refractivity contribution in [2.45, 2.75) is 20.3 Å². The predicted molar refractivity (Wildman–Crippen MR) is 93.5 cm³/mol. The number of anilines is 1. The van der Waals surface area contributed by atoms with Crippen LogP contribution in [-0.2, 0) is 9.59 Å². The molecule has 0 spiro atoms. The lowest BCUT2D eigenvalue weighted by molar-refractivity contribution is -0.139. The van der Waals surface area contributed by atoms with Gasteiger partial charge < -0.3 is 9.64 Å². The van der Waals surface area contributed by atoms with Crippen LogP contribution in [0.2, 0.25) is 5.02 Å². The van der Waals surface area contributed by atoms with E-state index in [0.29, 0.717) is 16.5 Å². The van der Waals surface area contributed by atoms with Crippen molar-refractivity contribution < 1.29 is 14.3 Å². The van der Waals surface area contributed by atoms with Crippen LogP contribution < -0.4 is 9.64 Å². The number of halogens is 1. The highest BCUT2D eigenvalue weighted by Crippen LogP contribution is 2.32. The fourth-order valence-corrected chi connectivity index (χ4v) is 3.11. The van der Waals surface area contributed by atoms with Crippen molar-refractivity contribution in [3.05, 3.63) is 58.6 Å².